The first kappa shape index (κ1) is 52.2. The number of hydrogen-bond acceptors (Lipinski definition) is 11. The number of benzene rings is 4. The first-order valence-corrected chi connectivity index (χ1v) is 26.7. The summed E-state index contributed by atoms with van der Waals surface area (Å²) in [5, 5.41) is 10.5. The summed E-state index contributed by atoms with van der Waals surface area (Å²) in [6, 6.07) is 11.4. The number of aryl methyl sites for hydroxylation is 1. The summed E-state index contributed by atoms with van der Waals surface area (Å²) < 4.78 is 144. The summed E-state index contributed by atoms with van der Waals surface area (Å²) in [5.41, 5.74) is 2.22. The minimum absolute atomic E-state index is 0.00238. The third kappa shape index (κ3) is 11.7. The first-order valence-electron chi connectivity index (χ1n) is 20.8. The van der Waals surface area contributed by atoms with E-state index in [1.807, 2.05) is 50.8 Å². The van der Waals surface area contributed by atoms with Crippen LogP contribution in [0.25, 0.3) is 21.5 Å². The number of fused-ring (bicyclic) bond motifs is 4. The van der Waals surface area contributed by atoms with Crippen molar-refractivity contribution in [1.29, 1.82) is 0 Å². The Hall–Kier alpha value is -4.77. The molecule has 1 aliphatic rings. The van der Waals surface area contributed by atoms with Crippen LogP contribution in [0.15, 0.2) is 111 Å². The second-order valence-electron chi connectivity index (χ2n) is 17.1. The van der Waals surface area contributed by atoms with E-state index >= 15 is 0 Å². The molecule has 0 fully saturated rings. The number of methoxy groups -OCH3 is 1. The number of ether oxygens (including phenoxy) is 1. The second-order valence-corrected chi connectivity index (χ2v) is 22.9. The first-order chi connectivity index (χ1) is 30.5. The third-order valence-corrected chi connectivity index (χ3v) is 15.5. The van der Waals surface area contributed by atoms with Gasteiger partial charge in [-0.2, -0.15) is 33.7 Å². The summed E-state index contributed by atoms with van der Waals surface area (Å²) in [4.78, 5) is 11.4. The molecular weight excluding hydrogens is 935 g/mol. The molecule has 1 aliphatic heterocycles. The summed E-state index contributed by atoms with van der Waals surface area (Å²) in [7, 11) is -17.4. The fourth-order valence-corrected chi connectivity index (χ4v) is 11.4. The zero-order valence-electron chi connectivity index (χ0n) is 37.2. The van der Waals surface area contributed by atoms with Gasteiger partial charge in [0.15, 0.2) is 0 Å². The number of aliphatic carboxylic acids is 1. The van der Waals surface area contributed by atoms with Crippen LogP contribution in [0, 0.1) is 6.92 Å². The van der Waals surface area contributed by atoms with Gasteiger partial charge in [-0.25, -0.2) is 0 Å². The molecule has 1 atom stereocenters. The van der Waals surface area contributed by atoms with E-state index in [1.165, 1.54) is 25.3 Å². The zero-order chi connectivity index (χ0) is 49.2. The van der Waals surface area contributed by atoms with E-state index in [0.717, 1.165) is 11.6 Å². The number of allylic oxidation sites excluding steroid dienone is 7. The Morgan fingerprint density at radius 1 is 0.788 bits per heavy atom. The van der Waals surface area contributed by atoms with Crippen molar-refractivity contribution in [2.45, 2.75) is 98.2 Å². The quantitative estimate of drug-likeness (QED) is 0.0299. The van der Waals surface area contributed by atoms with Crippen LogP contribution in [-0.2, 0) is 67.3 Å². The van der Waals surface area contributed by atoms with Gasteiger partial charge in [-0.3, -0.25) is 23.0 Å². The number of hydrogen-bond donors (Lipinski definition) is 5. The number of anilines is 1. The van der Waals surface area contributed by atoms with E-state index in [2.05, 4.69) is 6.58 Å². The second kappa shape index (κ2) is 19.8. The summed E-state index contributed by atoms with van der Waals surface area (Å²) in [6.45, 7) is 12.4. The number of nitrogens with zero attached hydrogens (tertiary/aromatic N) is 1. The Morgan fingerprint density at radius 3 is 2.03 bits per heavy atom. The highest BCUT2D eigenvalue weighted by molar-refractivity contribution is 7.87. The van der Waals surface area contributed by atoms with Crippen LogP contribution in [0.4, 0.5) is 5.69 Å². The Balaban J connectivity index is 1.62. The lowest BCUT2D eigenvalue weighted by Crippen LogP contribution is -2.27. The SMILES string of the molecule is C=C(/C=C/C=C/C=C1/N(CCCCCC(=O)O)c2ccc3c(S(=O)(=O)O)cc(S(=O)(=O)O)cc3c2C1(C)C)C(C)(CCCS(=O)(=O)O)c1c(C)ccc2c(CCOC)cc(S(=O)(=O)O)cc12. The smallest absolute Gasteiger partial charge is 0.303 e. The molecule has 1 unspecified atom stereocenters. The molecule has 16 nitrogen and oxygen atoms in total. The van der Waals surface area contributed by atoms with Crippen LogP contribution in [0.5, 0.6) is 0 Å². The van der Waals surface area contributed by atoms with E-state index < -0.39 is 72.8 Å². The molecule has 20 heteroatoms. The lowest BCUT2D eigenvalue weighted by molar-refractivity contribution is -0.137. The summed E-state index contributed by atoms with van der Waals surface area (Å²) in [5.74, 6) is -1.48. The maximum Gasteiger partial charge on any atom is 0.303 e. The Bertz CT molecular complexity index is 3140. The number of carboxylic acid groups (broad SMARTS) is 1. The minimum atomic E-state index is -4.97. The fourth-order valence-electron chi connectivity index (χ4n) is 8.98. The molecule has 5 N–H and O–H groups in total. The summed E-state index contributed by atoms with van der Waals surface area (Å²) in [6.07, 6.45) is 10.6. The Labute approximate surface area is 386 Å². The average molecular weight is 990 g/mol. The van der Waals surface area contributed by atoms with Crippen molar-refractivity contribution in [3.8, 4) is 0 Å². The number of carbonyl (C=O) groups is 1. The molecule has 4 aromatic carbocycles. The van der Waals surface area contributed by atoms with Crippen LogP contribution >= 0.6 is 0 Å². The predicted molar refractivity (Wildman–Crippen MR) is 253 cm³/mol. The molecular formula is C46H55NO15S4. The molecule has 0 aliphatic carbocycles. The molecule has 0 saturated heterocycles. The fraction of sp³-hybridized carbons (Fsp3) is 0.370. The Morgan fingerprint density at radius 2 is 1.42 bits per heavy atom. The van der Waals surface area contributed by atoms with Crippen molar-refractivity contribution >= 4 is 73.7 Å². The third-order valence-electron chi connectivity index (χ3n) is 12.1. The van der Waals surface area contributed by atoms with Crippen LogP contribution in [0.3, 0.4) is 0 Å². The van der Waals surface area contributed by atoms with Gasteiger partial charge in [0.2, 0.25) is 0 Å². The van der Waals surface area contributed by atoms with Gasteiger partial charge in [0.05, 0.1) is 22.2 Å². The lowest BCUT2D eigenvalue weighted by Gasteiger charge is -2.34. The molecule has 358 valence electrons. The van der Waals surface area contributed by atoms with Crippen molar-refractivity contribution < 1.29 is 66.5 Å². The highest BCUT2D eigenvalue weighted by Crippen LogP contribution is 2.52. The largest absolute Gasteiger partial charge is 0.481 e. The normalized spacial score (nSPS) is 16.2. The molecule has 0 saturated carbocycles. The molecule has 0 radical (unpaired) electrons. The molecule has 66 heavy (non-hydrogen) atoms. The van der Waals surface area contributed by atoms with E-state index in [1.54, 1.807) is 30.4 Å². The van der Waals surface area contributed by atoms with Crippen LogP contribution in [-0.4, -0.2) is 89.0 Å². The van der Waals surface area contributed by atoms with Gasteiger partial charge in [-0.1, -0.05) is 76.3 Å². The van der Waals surface area contributed by atoms with E-state index in [0.29, 0.717) is 82.7 Å². The molecule has 1 heterocycles. The van der Waals surface area contributed by atoms with Crippen molar-refractivity contribution in [2.75, 3.05) is 30.9 Å². The standard InChI is InChI=1S/C46H55NO15S4/c1-30-17-18-35-32(21-24-62-6)26-33(64(53,54)55)27-37(35)43(30)46(5,22-13-25-63(50,51)52)31(2)14-9-7-10-15-41-45(3,4)44-38-28-34(65(56,57)58)29-40(66(59,60)61)36(38)19-20-39(44)47(41)23-12-8-11-16-42(48)49/h7,9-10,14-15,17-20,26-29H,2,8,11-13,16,21-25H2,1,3-6H3,(H,48,49)(H,50,51,52)(H,53,54,55)(H,56,57,58)(H,59,60,61)/b10-7+,14-9+,41-15+. The number of carboxylic acids is 1. The molecule has 0 amide bonds. The molecule has 0 bridgehead atoms. The van der Waals surface area contributed by atoms with Gasteiger partial charge in [0, 0.05) is 47.7 Å². The molecule has 4 aromatic rings. The van der Waals surface area contributed by atoms with E-state index in [9.17, 15) is 61.8 Å². The van der Waals surface area contributed by atoms with Crippen molar-refractivity contribution in [2.24, 2.45) is 0 Å². The van der Waals surface area contributed by atoms with Gasteiger partial charge < -0.3 is 14.7 Å². The monoisotopic (exact) mass is 989 g/mol. The summed E-state index contributed by atoms with van der Waals surface area (Å²) >= 11 is 0. The molecule has 5 rings (SSSR count). The van der Waals surface area contributed by atoms with Gasteiger partial charge in [0.1, 0.15) is 4.90 Å². The van der Waals surface area contributed by atoms with Gasteiger partial charge in [-0.05, 0) is 119 Å². The Kier molecular flexibility index (Phi) is 15.7. The van der Waals surface area contributed by atoms with E-state index in [-0.39, 0.29) is 41.5 Å². The highest BCUT2D eigenvalue weighted by Gasteiger charge is 2.42. The lowest BCUT2D eigenvalue weighted by atomic mass is 9.69. The maximum absolute atomic E-state index is 12.5. The van der Waals surface area contributed by atoms with E-state index in [4.69, 9.17) is 4.74 Å². The van der Waals surface area contributed by atoms with Gasteiger partial charge >= 0.3 is 5.97 Å². The zero-order valence-corrected chi connectivity index (χ0v) is 40.4. The topological polar surface area (TPSA) is 267 Å². The average Bonchev–Trinajstić information content (AvgIpc) is 3.41. The van der Waals surface area contributed by atoms with Crippen LogP contribution in [0.2, 0.25) is 0 Å². The van der Waals surface area contributed by atoms with Crippen molar-refractivity contribution in [1.82, 2.24) is 0 Å². The maximum atomic E-state index is 12.5. The van der Waals surface area contributed by atoms with Crippen LogP contribution < -0.4 is 4.90 Å². The number of unbranched alkanes of at least 4 members (excludes halogenated alkanes) is 2. The van der Waals surface area contributed by atoms with Crippen molar-refractivity contribution in [3.05, 3.63) is 119 Å². The highest BCUT2D eigenvalue weighted by atomic mass is 32.2. The minimum Gasteiger partial charge on any atom is -0.481 e. The van der Waals surface area contributed by atoms with Gasteiger partial charge in [0.25, 0.3) is 40.5 Å². The molecule has 0 aromatic heterocycles. The van der Waals surface area contributed by atoms with Gasteiger partial charge in [-0.15, -0.1) is 0 Å². The van der Waals surface area contributed by atoms with Crippen LogP contribution in [0.1, 0.15) is 81.5 Å². The predicted octanol–water partition coefficient (Wildman–Crippen LogP) is 8.15. The molecule has 0 spiro atoms. The number of rotatable bonds is 21. The van der Waals surface area contributed by atoms with Crippen molar-refractivity contribution in [3.63, 3.8) is 0 Å².